The SMILES string of the molecule is CN=C(NCc1sc(C)nc1C)NCC(F)F. The molecule has 0 saturated heterocycles. The van der Waals surface area contributed by atoms with Crippen molar-refractivity contribution >= 4 is 17.3 Å². The lowest BCUT2D eigenvalue weighted by atomic mass is 10.4. The van der Waals surface area contributed by atoms with Gasteiger partial charge in [-0.25, -0.2) is 13.8 Å². The number of guanidine groups is 1. The van der Waals surface area contributed by atoms with Crippen LogP contribution in [0.5, 0.6) is 0 Å². The molecule has 2 N–H and O–H groups in total. The lowest BCUT2D eigenvalue weighted by Crippen LogP contribution is -2.39. The van der Waals surface area contributed by atoms with Crippen molar-refractivity contribution in [1.29, 1.82) is 0 Å². The molecule has 0 amide bonds. The smallest absolute Gasteiger partial charge is 0.255 e. The molecule has 0 aromatic carbocycles. The highest BCUT2D eigenvalue weighted by molar-refractivity contribution is 7.11. The number of nitrogens with one attached hydrogen (secondary N) is 2. The number of alkyl halides is 2. The Balaban J connectivity index is 2.45. The number of hydrogen-bond acceptors (Lipinski definition) is 3. The van der Waals surface area contributed by atoms with Crippen LogP contribution in [0, 0.1) is 13.8 Å². The normalized spacial score (nSPS) is 12.0. The van der Waals surface area contributed by atoms with E-state index in [0.29, 0.717) is 12.5 Å². The van der Waals surface area contributed by atoms with Crippen LogP contribution >= 0.6 is 11.3 Å². The van der Waals surface area contributed by atoms with Gasteiger partial charge in [0.2, 0.25) is 0 Å². The average Bonchev–Trinajstić information content (AvgIpc) is 2.57. The van der Waals surface area contributed by atoms with Gasteiger partial charge < -0.3 is 10.6 Å². The highest BCUT2D eigenvalue weighted by atomic mass is 32.1. The quantitative estimate of drug-likeness (QED) is 0.641. The number of aryl methyl sites for hydroxylation is 2. The standard InChI is InChI=1S/C10H16F2N4S/c1-6-8(17-7(2)16-6)4-14-10(13-3)15-5-9(11)12/h9H,4-5H2,1-3H3,(H2,13,14,15). The summed E-state index contributed by atoms with van der Waals surface area (Å²) < 4.78 is 24.0. The molecular formula is C10H16F2N4S. The van der Waals surface area contributed by atoms with E-state index in [1.807, 2.05) is 13.8 Å². The summed E-state index contributed by atoms with van der Waals surface area (Å²) in [5.41, 5.74) is 0.962. The summed E-state index contributed by atoms with van der Waals surface area (Å²) in [6.45, 7) is 4.00. The van der Waals surface area contributed by atoms with Crippen LogP contribution in [0.25, 0.3) is 0 Å². The summed E-state index contributed by atoms with van der Waals surface area (Å²) in [4.78, 5) is 9.23. The molecule has 1 aromatic rings. The Morgan fingerprint density at radius 1 is 1.41 bits per heavy atom. The molecule has 0 unspecified atom stereocenters. The zero-order chi connectivity index (χ0) is 12.8. The maximum absolute atomic E-state index is 12.0. The minimum absolute atomic E-state index is 0.371. The van der Waals surface area contributed by atoms with E-state index in [1.165, 1.54) is 0 Å². The van der Waals surface area contributed by atoms with E-state index in [1.54, 1.807) is 18.4 Å². The number of thiazole rings is 1. The Morgan fingerprint density at radius 3 is 2.59 bits per heavy atom. The maximum atomic E-state index is 12.0. The van der Waals surface area contributed by atoms with Crippen LogP contribution in [0.15, 0.2) is 4.99 Å². The third-order valence-corrected chi connectivity index (χ3v) is 3.14. The number of rotatable bonds is 4. The first-order chi connectivity index (χ1) is 8.02. The Labute approximate surface area is 103 Å². The number of aromatic nitrogens is 1. The molecule has 17 heavy (non-hydrogen) atoms. The van der Waals surface area contributed by atoms with Gasteiger partial charge in [-0.15, -0.1) is 11.3 Å². The molecule has 0 atom stereocenters. The molecule has 0 spiro atoms. The minimum Gasteiger partial charge on any atom is -0.351 e. The zero-order valence-electron chi connectivity index (χ0n) is 10.1. The summed E-state index contributed by atoms with van der Waals surface area (Å²) in [7, 11) is 1.55. The van der Waals surface area contributed by atoms with E-state index in [-0.39, 0.29) is 0 Å². The second kappa shape index (κ2) is 6.48. The molecule has 0 aliphatic rings. The van der Waals surface area contributed by atoms with E-state index in [0.717, 1.165) is 15.6 Å². The fraction of sp³-hybridized carbons (Fsp3) is 0.600. The van der Waals surface area contributed by atoms with Crippen LogP contribution in [0.2, 0.25) is 0 Å². The second-order valence-electron chi connectivity index (χ2n) is 3.44. The predicted molar refractivity (Wildman–Crippen MR) is 65.8 cm³/mol. The Bertz CT molecular complexity index is 390. The van der Waals surface area contributed by atoms with Gasteiger partial charge in [0.15, 0.2) is 5.96 Å². The summed E-state index contributed by atoms with van der Waals surface area (Å²) in [5.74, 6) is 0.371. The van der Waals surface area contributed by atoms with Gasteiger partial charge in [-0.3, -0.25) is 4.99 Å². The molecule has 0 aliphatic heterocycles. The van der Waals surface area contributed by atoms with Crippen LogP contribution in [0.1, 0.15) is 15.6 Å². The third-order valence-electron chi connectivity index (χ3n) is 2.06. The number of aliphatic imine (C=N–C) groups is 1. The molecule has 0 fully saturated rings. The number of hydrogen-bond donors (Lipinski definition) is 2. The van der Waals surface area contributed by atoms with Crippen LogP contribution in [0.4, 0.5) is 8.78 Å². The Morgan fingerprint density at radius 2 is 2.12 bits per heavy atom. The van der Waals surface area contributed by atoms with Crippen LogP contribution in [0.3, 0.4) is 0 Å². The maximum Gasteiger partial charge on any atom is 0.255 e. The molecule has 4 nitrogen and oxygen atoms in total. The molecular weight excluding hydrogens is 246 g/mol. The van der Waals surface area contributed by atoms with Crippen molar-refractivity contribution in [3.63, 3.8) is 0 Å². The van der Waals surface area contributed by atoms with Crippen molar-refractivity contribution in [2.45, 2.75) is 26.8 Å². The molecule has 1 heterocycles. The summed E-state index contributed by atoms with van der Waals surface area (Å²) >= 11 is 1.59. The molecule has 0 radical (unpaired) electrons. The van der Waals surface area contributed by atoms with Crippen molar-refractivity contribution in [2.75, 3.05) is 13.6 Å². The molecule has 7 heteroatoms. The summed E-state index contributed by atoms with van der Waals surface area (Å²) in [6.07, 6.45) is -2.39. The van der Waals surface area contributed by atoms with Gasteiger partial charge in [-0.2, -0.15) is 0 Å². The highest BCUT2D eigenvalue weighted by Crippen LogP contribution is 2.16. The topological polar surface area (TPSA) is 49.3 Å². The second-order valence-corrected chi connectivity index (χ2v) is 4.73. The van der Waals surface area contributed by atoms with Gasteiger partial charge in [0.1, 0.15) is 0 Å². The van der Waals surface area contributed by atoms with E-state index in [9.17, 15) is 8.78 Å². The van der Waals surface area contributed by atoms with E-state index in [4.69, 9.17) is 0 Å². The molecule has 0 bridgehead atoms. The fourth-order valence-corrected chi connectivity index (χ4v) is 2.17. The van der Waals surface area contributed by atoms with Crippen molar-refractivity contribution < 1.29 is 8.78 Å². The minimum atomic E-state index is -2.39. The highest BCUT2D eigenvalue weighted by Gasteiger charge is 2.07. The van der Waals surface area contributed by atoms with Gasteiger partial charge in [0.25, 0.3) is 6.43 Å². The van der Waals surface area contributed by atoms with E-state index < -0.39 is 13.0 Å². The first kappa shape index (κ1) is 13.8. The van der Waals surface area contributed by atoms with E-state index in [2.05, 4.69) is 20.6 Å². The summed E-state index contributed by atoms with van der Waals surface area (Å²) in [6, 6.07) is 0. The van der Waals surface area contributed by atoms with Crippen LogP contribution in [-0.4, -0.2) is 31.0 Å². The molecule has 96 valence electrons. The Hall–Kier alpha value is -1.24. The lowest BCUT2D eigenvalue weighted by Gasteiger charge is -2.10. The summed E-state index contributed by atoms with van der Waals surface area (Å²) in [5, 5.41) is 6.50. The third kappa shape index (κ3) is 4.64. The van der Waals surface area contributed by atoms with Crippen molar-refractivity contribution in [1.82, 2.24) is 15.6 Å². The fourth-order valence-electron chi connectivity index (χ4n) is 1.30. The van der Waals surface area contributed by atoms with E-state index >= 15 is 0 Å². The van der Waals surface area contributed by atoms with Crippen molar-refractivity contribution in [3.05, 3.63) is 15.6 Å². The lowest BCUT2D eigenvalue weighted by molar-refractivity contribution is 0.152. The predicted octanol–water partition coefficient (Wildman–Crippen LogP) is 1.69. The monoisotopic (exact) mass is 262 g/mol. The molecule has 0 saturated carbocycles. The number of halogens is 2. The van der Waals surface area contributed by atoms with Gasteiger partial charge in [0, 0.05) is 11.9 Å². The van der Waals surface area contributed by atoms with Crippen LogP contribution < -0.4 is 10.6 Å². The number of nitrogens with zero attached hydrogens (tertiary/aromatic N) is 2. The largest absolute Gasteiger partial charge is 0.351 e. The molecule has 1 rings (SSSR count). The van der Waals surface area contributed by atoms with Gasteiger partial charge in [-0.05, 0) is 13.8 Å². The average molecular weight is 262 g/mol. The first-order valence-corrected chi connectivity index (χ1v) is 6.00. The van der Waals surface area contributed by atoms with Crippen molar-refractivity contribution in [2.24, 2.45) is 4.99 Å². The molecule has 1 aromatic heterocycles. The molecule has 0 aliphatic carbocycles. The Kier molecular flexibility index (Phi) is 5.27. The van der Waals surface area contributed by atoms with Crippen molar-refractivity contribution in [3.8, 4) is 0 Å². The first-order valence-electron chi connectivity index (χ1n) is 5.18. The zero-order valence-corrected chi connectivity index (χ0v) is 10.9. The van der Waals surface area contributed by atoms with Gasteiger partial charge >= 0.3 is 0 Å². The van der Waals surface area contributed by atoms with Gasteiger partial charge in [0.05, 0.1) is 23.8 Å². The van der Waals surface area contributed by atoms with Gasteiger partial charge in [-0.1, -0.05) is 0 Å². The van der Waals surface area contributed by atoms with Crippen LogP contribution in [-0.2, 0) is 6.54 Å².